The lowest BCUT2D eigenvalue weighted by Gasteiger charge is -2.06. The predicted octanol–water partition coefficient (Wildman–Crippen LogP) is 6.55. The molecular formula is C21H13F2NOS. The molecule has 0 aliphatic carbocycles. The van der Waals surface area contributed by atoms with Gasteiger partial charge in [-0.05, 0) is 72.8 Å². The van der Waals surface area contributed by atoms with Crippen molar-refractivity contribution in [3.63, 3.8) is 0 Å². The zero-order valence-corrected chi connectivity index (χ0v) is 14.3. The van der Waals surface area contributed by atoms with Crippen LogP contribution in [0.2, 0.25) is 0 Å². The molecule has 0 radical (unpaired) electrons. The zero-order chi connectivity index (χ0) is 17.9. The summed E-state index contributed by atoms with van der Waals surface area (Å²) < 4.78 is 31.7. The van der Waals surface area contributed by atoms with Crippen LogP contribution in [0.1, 0.15) is 0 Å². The third kappa shape index (κ3) is 3.63. The van der Waals surface area contributed by atoms with Crippen LogP contribution in [-0.2, 0) is 0 Å². The van der Waals surface area contributed by atoms with Crippen LogP contribution in [0.5, 0.6) is 11.5 Å². The lowest BCUT2D eigenvalue weighted by Crippen LogP contribution is -1.85. The zero-order valence-electron chi connectivity index (χ0n) is 13.5. The van der Waals surface area contributed by atoms with Crippen molar-refractivity contribution in [2.45, 2.75) is 0 Å². The SMILES string of the molecule is Fc1ccc(Oc2ccc(-c3nc(-c4ccc(F)cc4)cs3)cc2)cc1. The second-order valence-electron chi connectivity index (χ2n) is 5.63. The molecule has 0 bridgehead atoms. The lowest BCUT2D eigenvalue weighted by atomic mass is 10.2. The molecule has 0 saturated carbocycles. The fraction of sp³-hybridized carbons (Fsp3) is 0. The van der Waals surface area contributed by atoms with Crippen LogP contribution in [0.4, 0.5) is 8.78 Å². The molecule has 0 aliphatic heterocycles. The molecule has 0 saturated heterocycles. The van der Waals surface area contributed by atoms with E-state index >= 15 is 0 Å². The molecule has 2 nitrogen and oxygen atoms in total. The van der Waals surface area contributed by atoms with Crippen molar-refractivity contribution >= 4 is 11.3 Å². The van der Waals surface area contributed by atoms with E-state index in [4.69, 9.17) is 4.74 Å². The van der Waals surface area contributed by atoms with E-state index in [1.165, 1.54) is 35.6 Å². The summed E-state index contributed by atoms with van der Waals surface area (Å²) in [6.07, 6.45) is 0. The van der Waals surface area contributed by atoms with Gasteiger partial charge in [0.25, 0.3) is 0 Å². The standard InChI is InChI=1S/C21H13F2NOS/c22-16-5-1-14(2-6-16)20-13-26-21(24-20)15-3-9-18(10-4-15)25-19-11-7-17(23)8-12-19/h1-13H. The molecule has 0 aliphatic rings. The van der Waals surface area contributed by atoms with Crippen molar-refractivity contribution in [3.05, 3.63) is 89.8 Å². The fourth-order valence-electron chi connectivity index (χ4n) is 2.46. The number of thiazole rings is 1. The smallest absolute Gasteiger partial charge is 0.127 e. The average Bonchev–Trinajstić information content (AvgIpc) is 3.15. The molecule has 26 heavy (non-hydrogen) atoms. The topological polar surface area (TPSA) is 22.1 Å². The first kappa shape index (κ1) is 16.4. The van der Waals surface area contributed by atoms with E-state index in [1.807, 2.05) is 29.6 Å². The second kappa shape index (κ2) is 7.06. The summed E-state index contributed by atoms with van der Waals surface area (Å²) in [6.45, 7) is 0. The van der Waals surface area contributed by atoms with Gasteiger partial charge in [-0.25, -0.2) is 13.8 Å². The average molecular weight is 365 g/mol. The highest BCUT2D eigenvalue weighted by molar-refractivity contribution is 7.13. The quantitative estimate of drug-likeness (QED) is 0.409. The van der Waals surface area contributed by atoms with Gasteiger partial charge in [-0.3, -0.25) is 0 Å². The molecule has 1 aromatic heterocycles. The molecule has 0 unspecified atom stereocenters. The van der Waals surface area contributed by atoms with Gasteiger partial charge in [-0.15, -0.1) is 11.3 Å². The predicted molar refractivity (Wildman–Crippen MR) is 99.4 cm³/mol. The molecule has 0 atom stereocenters. The van der Waals surface area contributed by atoms with Crippen LogP contribution in [0.25, 0.3) is 21.8 Å². The first-order valence-electron chi connectivity index (χ1n) is 7.93. The number of ether oxygens (including phenoxy) is 1. The number of rotatable bonds is 4. The van der Waals surface area contributed by atoms with Crippen molar-refractivity contribution in [3.8, 4) is 33.3 Å². The Bertz CT molecular complexity index is 1010. The summed E-state index contributed by atoms with van der Waals surface area (Å²) in [5.41, 5.74) is 2.66. The van der Waals surface area contributed by atoms with Crippen molar-refractivity contribution in [2.24, 2.45) is 0 Å². The van der Waals surface area contributed by atoms with Crippen LogP contribution in [0.15, 0.2) is 78.2 Å². The van der Waals surface area contributed by atoms with Gasteiger partial charge in [0.1, 0.15) is 28.1 Å². The van der Waals surface area contributed by atoms with Gasteiger partial charge in [-0.1, -0.05) is 0 Å². The van der Waals surface area contributed by atoms with Crippen molar-refractivity contribution in [1.82, 2.24) is 4.98 Å². The Morgan fingerprint density at radius 3 is 1.77 bits per heavy atom. The van der Waals surface area contributed by atoms with Crippen molar-refractivity contribution in [2.75, 3.05) is 0 Å². The van der Waals surface area contributed by atoms with E-state index in [2.05, 4.69) is 4.98 Å². The normalized spacial score (nSPS) is 10.7. The van der Waals surface area contributed by atoms with E-state index in [0.29, 0.717) is 11.5 Å². The van der Waals surface area contributed by atoms with Gasteiger partial charge in [0.2, 0.25) is 0 Å². The number of halogens is 2. The minimum Gasteiger partial charge on any atom is -0.457 e. The molecule has 0 fully saturated rings. The summed E-state index contributed by atoms with van der Waals surface area (Å²) >= 11 is 1.53. The Labute approximate surface area is 153 Å². The number of benzene rings is 3. The van der Waals surface area contributed by atoms with Crippen LogP contribution >= 0.6 is 11.3 Å². The van der Waals surface area contributed by atoms with Crippen LogP contribution in [0, 0.1) is 11.6 Å². The molecule has 0 amide bonds. The molecule has 1 heterocycles. The third-order valence-electron chi connectivity index (χ3n) is 3.79. The van der Waals surface area contributed by atoms with Crippen LogP contribution in [-0.4, -0.2) is 4.98 Å². The highest BCUT2D eigenvalue weighted by Gasteiger charge is 2.07. The number of nitrogens with zero attached hydrogens (tertiary/aromatic N) is 1. The van der Waals surface area contributed by atoms with Gasteiger partial charge in [0.05, 0.1) is 5.69 Å². The first-order chi connectivity index (χ1) is 12.7. The maximum atomic E-state index is 13.0. The monoisotopic (exact) mass is 365 g/mol. The van der Waals surface area contributed by atoms with Gasteiger partial charge in [-0.2, -0.15) is 0 Å². The minimum atomic E-state index is -0.298. The fourth-order valence-corrected chi connectivity index (χ4v) is 3.30. The highest BCUT2D eigenvalue weighted by atomic mass is 32.1. The molecule has 128 valence electrons. The number of aromatic nitrogens is 1. The number of hydrogen-bond donors (Lipinski definition) is 0. The second-order valence-corrected chi connectivity index (χ2v) is 6.48. The Morgan fingerprint density at radius 2 is 1.15 bits per heavy atom. The van der Waals surface area contributed by atoms with E-state index in [-0.39, 0.29) is 11.6 Å². The molecule has 0 N–H and O–H groups in total. The molecule has 5 heteroatoms. The lowest BCUT2D eigenvalue weighted by molar-refractivity contribution is 0.480. The van der Waals surface area contributed by atoms with Crippen molar-refractivity contribution < 1.29 is 13.5 Å². The molecular weight excluding hydrogens is 352 g/mol. The van der Waals surface area contributed by atoms with Gasteiger partial charge in [0.15, 0.2) is 0 Å². The van der Waals surface area contributed by atoms with Gasteiger partial charge >= 0.3 is 0 Å². The van der Waals surface area contributed by atoms with E-state index in [0.717, 1.165) is 21.8 Å². The summed E-state index contributed by atoms with van der Waals surface area (Å²) in [4.78, 5) is 4.62. The Morgan fingerprint density at radius 1 is 0.654 bits per heavy atom. The van der Waals surface area contributed by atoms with E-state index in [9.17, 15) is 8.78 Å². The largest absolute Gasteiger partial charge is 0.457 e. The highest BCUT2D eigenvalue weighted by Crippen LogP contribution is 2.31. The Kier molecular flexibility index (Phi) is 4.46. The van der Waals surface area contributed by atoms with E-state index in [1.54, 1.807) is 24.3 Å². The molecule has 4 rings (SSSR count). The van der Waals surface area contributed by atoms with E-state index < -0.39 is 0 Å². The summed E-state index contributed by atoms with van der Waals surface area (Å²) in [5, 5.41) is 2.82. The maximum absolute atomic E-state index is 13.0. The number of hydrogen-bond acceptors (Lipinski definition) is 3. The minimum absolute atomic E-state index is 0.263. The third-order valence-corrected chi connectivity index (χ3v) is 4.69. The summed E-state index contributed by atoms with van der Waals surface area (Å²) in [5.74, 6) is 0.678. The molecule has 3 aromatic carbocycles. The molecule has 0 spiro atoms. The van der Waals surface area contributed by atoms with Crippen LogP contribution < -0.4 is 4.74 Å². The first-order valence-corrected chi connectivity index (χ1v) is 8.81. The van der Waals surface area contributed by atoms with Crippen molar-refractivity contribution in [1.29, 1.82) is 0 Å². The molecule has 4 aromatic rings. The van der Waals surface area contributed by atoms with Crippen LogP contribution in [0.3, 0.4) is 0 Å². The summed E-state index contributed by atoms with van der Waals surface area (Å²) in [7, 11) is 0. The van der Waals surface area contributed by atoms with Gasteiger partial charge in [0, 0.05) is 16.5 Å². The Hall–Kier alpha value is -3.05. The van der Waals surface area contributed by atoms with Gasteiger partial charge < -0.3 is 4.74 Å². The Balaban J connectivity index is 1.52. The summed E-state index contributed by atoms with van der Waals surface area (Å²) in [6, 6.07) is 19.7. The maximum Gasteiger partial charge on any atom is 0.127 e.